The van der Waals surface area contributed by atoms with Gasteiger partial charge < -0.3 is 5.32 Å². The zero-order chi connectivity index (χ0) is 15.0. The molecule has 1 heterocycles. The Morgan fingerprint density at radius 1 is 1.57 bits per heavy atom. The van der Waals surface area contributed by atoms with Crippen LogP contribution in [-0.4, -0.2) is 15.8 Å². The van der Waals surface area contributed by atoms with Gasteiger partial charge in [-0.25, -0.2) is 4.68 Å². The number of nitrogens with zero attached hydrogens (tertiary/aromatic N) is 2. The maximum absolute atomic E-state index is 12.1. The van der Waals surface area contributed by atoms with E-state index < -0.39 is 0 Å². The Labute approximate surface area is 130 Å². The number of rotatable bonds is 5. The van der Waals surface area contributed by atoms with Crippen LogP contribution < -0.4 is 10.9 Å². The highest BCUT2D eigenvalue weighted by Crippen LogP contribution is 2.49. The molecule has 1 aromatic rings. The first-order valence-electron chi connectivity index (χ1n) is 7.73. The molecule has 2 aliphatic carbocycles. The van der Waals surface area contributed by atoms with Gasteiger partial charge in [-0.1, -0.05) is 24.1 Å². The van der Waals surface area contributed by atoms with Crippen LogP contribution in [0.3, 0.4) is 0 Å². The lowest BCUT2D eigenvalue weighted by atomic mass is 9.84. The summed E-state index contributed by atoms with van der Waals surface area (Å²) in [6, 6.07) is 0.328. The largest absolute Gasteiger partial charge is 0.380 e. The monoisotopic (exact) mass is 307 g/mol. The number of fused-ring (bicyclic) bond motifs is 2. The number of nitrogens with one attached hydrogen (secondary N) is 1. The molecule has 2 saturated carbocycles. The molecule has 3 rings (SSSR count). The summed E-state index contributed by atoms with van der Waals surface area (Å²) in [6.45, 7) is 6.18. The molecule has 4 atom stereocenters. The minimum absolute atomic E-state index is 0.224. The number of hydrogen-bond donors (Lipinski definition) is 1. The molecule has 0 aromatic carbocycles. The summed E-state index contributed by atoms with van der Waals surface area (Å²) in [5.74, 6) is 2.44. The summed E-state index contributed by atoms with van der Waals surface area (Å²) in [7, 11) is 0. The van der Waals surface area contributed by atoms with Crippen LogP contribution in [0.2, 0.25) is 5.02 Å². The summed E-state index contributed by atoms with van der Waals surface area (Å²) in [4.78, 5) is 12.1. The quantitative estimate of drug-likeness (QED) is 0.849. The van der Waals surface area contributed by atoms with Crippen molar-refractivity contribution < 1.29 is 0 Å². The molecule has 4 unspecified atom stereocenters. The van der Waals surface area contributed by atoms with E-state index in [4.69, 9.17) is 11.6 Å². The predicted octanol–water partition coefficient (Wildman–Crippen LogP) is 3.32. The molecule has 2 aliphatic rings. The Kier molecular flexibility index (Phi) is 4.07. The number of anilines is 1. The van der Waals surface area contributed by atoms with Gasteiger partial charge in [0.15, 0.2) is 0 Å². The van der Waals surface area contributed by atoms with E-state index in [1.54, 1.807) is 12.3 Å². The molecular formula is C16H22ClN3O. The fraction of sp³-hybridized carbons (Fsp3) is 0.625. The van der Waals surface area contributed by atoms with Crippen molar-refractivity contribution in [2.45, 2.75) is 45.2 Å². The number of allylic oxidation sites excluding steroid dienone is 1. The van der Waals surface area contributed by atoms with Gasteiger partial charge in [-0.3, -0.25) is 4.79 Å². The van der Waals surface area contributed by atoms with E-state index >= 15 is 0 Å². The third-order valence-electron chi connectivity index (χ3n) is 5.11. The fourth-order valence-corrected chi connectivity index (χ4v) is 4.28. The Morgan fingerprint density at radius 3 is 3.00 bits per heavy atom. The molecule has 0 aliphatic heterocycles. The average Bonchev–Trinajstić information content (AvgIpc) is 3.09. The van der Waals surface area contributed by atoms with Crippen molar-refractivity contribution in [3.8, 4) is 0 Å². The predicted molar refractivity (Wildman–Crippen MR) is 85.7 cm³/mol. The van der Waals surface area contributed by atoms with Crippen LogP contribution in [-0.2, 0) is 6.54 Å². The van der Waals surface area contributed by atoms with E-state index in [1.165, 1.54) is 30.4 Å². The van der Waals surface area contributed by atoms with Gasteiger partial charge in [0.2, 0.25) is 0 Å². The molecule has 1 N–H and O–H groups in total. The maximum Gasteiger partial charge on any atom is 0.287 e. The van der Waals surface area contributed by atoms with Crippen molar-refractivity contribution in [1.29, 1.82) is 0 Å². The second kappa shape index (κ2) is 5.84. The van der Waals surface area contributed by atoms with Crippen LogP contribution in [0.4, 0.5) is 5.69 Å². The van der Waals surface area contributed by atoms with Crippen LogP contribution in [0.15, 0.2) is 23.6 Å². The highest BCUT2D eigenvalue weighted by atomic mass is 35.5. The molecule has 4 nitrogen and oxygen atoms in total. The van der Waals surface area contributed by atoms with Gasteiger partial charge in [0, 0.05) is 6.04 Å². The van der Waals surface area contributed by atoms with Crippen molar-refractivity contribution in [2.24, 2.45) is 17.8 Å². The number of halogens is 1. The first-order chi connectivity index (χ1) is 10.1. The molecule has 21 heavy (non-hydrogen) atoms. The summed E-state index contributed by atoms with van der Waals surface area (Å²) in [5, 5.41) is 7.78. The molecule has 0 saturated heterocycles. The van der Waals surface area contributed by atoms with Crippen LogP contribution >= 0.6 is 11.6 Å². The SMILES string of the molecule is C=CCn1ncc(NC(C)C2CC3CCC2C3)c(Cl)c1=O. The molecule has 2 bridgehead atoms. The first-order valence-corrected chi connectivity index (χ1v) is 8.11. The molecule has 114 valence electrons. The van der Waals surface area contributed by atoms with Crippen molar-refractivity contribution in [1.82, 2.24) is 9.78 Å². The third kappa shape index (κ3) is 2.73. The topological polar surface area (TPSA) is 46.9 Å². The van der Waals surface area contributed by atoms with E-state index in [1.807, 2.05) is 0 Å². The van der Waals surface area contributed by atoms with Crippen LogP contribution in [0.1, 0.15) is 32.6 Å². The highest BCUT2D eigenvalue weighted by Gasteiger charge is 2.41. The maximum atomic E-state index is 12.1. The number of hydrogen-bond acceptors (Lipinski definition) is 3. The van der Waals surface area contributed by atoms with E-state index in [0.29, 0.717) is 24.2 Å². The normalized spacial score (nSPS) is 28.6. The van der Waals surface area contributed by atoms with E-state index in [0.717, 1.165) is 11.8 Å². The third-order valence-corrected chi connectivity index (χ3v) is 5.47. The van der Waals surface area contributed by atoms with Crippen LogP contribution in [0, 0.1) is 17.8 Å². The lowest BCUT2D eigenvalue weighted by Gasteiger charge is -2.29. The fourth-order valence-electron chi connectivity index (χ4n) is 4.08. The van der Waals surface area contributed by atoms with Gasteiger partial charge >= 0.3 is 0 Å². The average molecular weight is 308 g/mol. The summed E-state index contributed by atoms with van der Waals surface area (Å²) >= 11 is 6.19. The molecule has 2 fully saturated rings. The Hall–Kier alpha value is -1.29. The molecule has 0 amide bonds. The van der Waals surface area contributed by atoms with Gasteiger partial charge in [0.25, 0.3) is 5.56 Å². The summed E-state index contributed by atoms with van der Waals surface area (Å²) in [6.07, 6.45) is 8.72. The zero-order valence-corrected chi connectivity index (χ0v) is 13.1. The van der Waals surface area contributed by atoms with Gasteiger partial charge in [0.1, 0.15) is 5.02 Å². The van der Waals surface area contributed by atoms with Gasteiger partial charge in [-0.2, -0.15) is 5.10 Å². The standard InChI is InChI=1S/C16H22ClN3O/c1-3-6-20-16(21)15(17)14(9-18-20)19-10(2)13-8-11-4-5-12(13)7-11/h3,9-13,19H,1,4-8H2,2H3. The van der Waals surface area contributed by atoms with Gasteiger partial charge in [0.05, 0.1) is 18.4 Å². The smallest absolute Gasteiger partial charge is 0.287 e. The van der Waals surface area contributed by atoms with Crippen LogP contribution in [0.25, 0.3) is 0 Å². The Morgan fingerprint density at radius 2 is 2.38 bits per heavy atom. The molecular weight excluding hydrogens is 286 g/mol. The zero-order valence-electron chi connectivity index (χ0n) is 12.4. The van der Waals surface area contributed by atoms with Gasteiger partial charge in [-0.05, 0) is 43.9 Å². The van der Waals surface area contributed by atoms with Crippen molar-refractivity contribution in [3.05, 3.63) is 34.2 Å². The molecule has 0 spiro atoms. The summed E-state index contributed by atoms with van der Waals surface area (Å²) < 4.78 is 1.32. The van der Waals surface area contributed by atoms with Crippen molar-refractivity contribution in [2.75, 3.05) is 5.32 Å². The van der Waals surface area contributed by atoms with Crippen molar-refractivity contribution >= 4 is 17.3 Å². The Bertz CT molecular complexity index is 598. The molecule has 5 heteroatoms. The first kappa shape index (κ1) is 14.6. The second-order valence-corrected chi connectivity index (χ2v) is 6.80. The molecule has 1 aromatic heterocycles. The van der Waals surface area contributed by atoms with Crippen molar-refractivity contribution in [3.63, 3.8) is 0 Å². The molecule has 0 radical (unpaired) electrons. The number of aromatic nitrogens is 2. The Balaban J connectivity index is 1.74. The van der Waals surface area contributed by atoms with E-state index in [2.05, 4.69) is 23.9 Å². The lowest BCUT2D eigenvalue weighted by Crippen LogP contribution is -2.31. The van der Waals surface area contributed by atoms with E-state index in [9.17, 15) is 4.79 Å². The van der Waals surface area contributed by atoms with Gasteiger partial charge in [-0.15, -0.1) is 6.58 Å². The van der Waals surface area contributed by atoms with E-state index in [-0.39, 0.29) is 10.6 Å². The van der Waals surface area contributed by atoms with Crippen LogP contribution in [0.5, 0.6) is 0 Å². The highest BCUT2D eigenvalue weighted by molar-refractivity contribution is 6.32. The minimum Gasteiger partial charge on any atom is -0.380 e. The minimum atomic E-state index is -0.262. The second-order valence-electron chi connectivity index (χ2n) is 6.42. The lowest BCUT2D eigenvalue weighted by molar-refractivity contribution is 0.304. The summed E-state index contributed by atoms with van der Waals surface area (Å²) in [5.41, 5.74) is 0.388.